The van der Waals surface area contributed by atoms with Gasteiger partial charge in [-0.05, 0) is 58.2 Å². The molecule has 0 radical (unpaired) electrons. The van der Waals surface area contributed by atoms with Crippen molar-refractivity contribution < 1.29 is 9.53 Å². The molecule has 0 aliphatic heterocycles. The molecule has 3 aromatic rings. The molecule has 0 aliphatic rings. The van der Waals surface area contributed by atoms with Gasteiger partial charge in [-0.1, -0.05) is 30.3 Å². The third-order valence-electron chi connectivity index (χ3n) is 5.50. The van der Waals surface area contributed by atoms with E-state index in [0.717, 1.165) is 16.9 Å². The number of hydrogen-bond acceptors (Lipinski definition) is 6. The Balaban J connectivity index is 2.28. The molecule has 0 saturated heterocycles. The number of aromatic nitrogens is 2. The van der Waals surface area contributed by atoms with Gasteiger partial charge in [0.1, 0.15) is 9.71 Å². The third kappa shape index (κ3) is 4.36. The Kier molecular flexibility index (Phi) is 6.81. The fourth-order valence-electron chi connectivity index (χ4n) is 3.82. The number of carbonyl (C=O) groups excluding carboxylic acids is 1. The number of hydrogen-bond donors (Lipinski definition) is 1. The van der Waals surface area contributed by atoms with Crippen LogP contribution in [0.5, 0.6) is 0 Å². The van der Waals surface area contributed by atoms with Crippen LogP contribution in [0.1, 0.15) is 48.0 Å². The van der Waals surface area contributed by atoms with E-state index in [2.05, 4.69) is 0 Å². The van der Waals surface area contributed by atoms with Crippen molar-refractivity contribution in [3.05, 3.63) is 67.2 Å². The third-order valence-corrected chi connectivity index (χ3v) is 6.80. The van der Waals surface area contributed by atoms with Gasteiger partial charge in [0.25, 0.3) is 5.56 Å². The van der Waals surface area contributed by atoms with Crippen LogP contribution in [0, 0.1) is 6.92 Å². The van der Waals surface area contributed by atoms with Gasteiger partial charge in [-0.25, -0.2) is 9.59 Å². The Bertz CT molecular complexity index is 1210. The Morgan fingerprint density at radius 1 is 1.19 bits per heavy atom. The van der Waals surface area contributed by atoms with Crippen LogP contribution < -0.4 is 17.0 Å². The van der Waals surface area contributed by atoms with Crippen LogP contribution in [0.15, 0.2) is 39.9 Å². The summed E-state index contributed by atoms with van der Waals surface area (Å²) in [5.74, 6) is -0.476. The van der Waals surface area contributed by atoms with Gasteiger partial charge in [0.2, 0.25) is 0 Å². The lowest BCUT2D eigenvalue weighted by molar-refractivity contribution is 0.0531. The van der Waals surface area contributed by atoms with Gasteiger partial charge in [-0.3, -0.25) is 13.9 Å². The van der Waals surface area contributed by atoms with E-state index in [1.165, 1.54) is 4.57 Å². The highest BCUT2D eigenvalue weighted by molar-refractivity contribution is 7.20. The van der Waals surface area contributed by atoms with Crippen LogP contribution in [0.2, 0.25) is 0 Å². The summed E-state index contributed by atoms with van der Waals surface area (Å²) in [5.41, 5.74) is 5.86. The highest BCUT2D eigenvalue weighted by Crippen LogP contribution is 2.29. The molecule has 0 spiro atoms. The molecule has 0 unspecified atom stereocenters. The highest BCUT2D eigenvalue weighted by atomic mass is 32.1. The first-order chi connectivity index (χ1) is 14.7. The molecule has 0 atom stereocenters. The lowest BCUT2D eigenvalue weighted by Crippen LogP contribution is -2.49. The van der Waals surface area contributed by atoms with Crippen molar-refractivity contribution in [3.8, 4) is 0 Å². The maximum Gasteiger partial charge on any atom is 0.348 e. The number of benzene rings is 1. The van der Waals surface area contributed by atoms with E-state index < -0.39 is 17.1 Å². The summed E-state index contributed by atoms with van der Waals surface area (Å²) in [5, 5.41) is 0.394. The number of rotatable bonds is 8. The number of nitrogens with zero attached hydrogens (tertiary/aromatic N) is 2. The van der Waals surface area contributed by atoms with E-state index in [1.54, 1.807) is 18.4 Å². The molecule has 0 fully saturated rings. The Hall–Kier alpha value is -2.71. The fourth-order valence-corrected chi connectivity index (χ4v) is 5.03. The highest BCUT2D eigenvalue weighted by Gasteiger charge is 2.29. The average molecular weight is 444 g/mol. The van der Waals surface area contributed by atoms with Gasteiger partial charge < -0.3 is 10.5 Å². The molecule has 1 aromatic carbocycles. The second-order valence-corrected chi connectivity index (χ2v) is 9.12. The topological polar surface area (TPSA) is 96.3 Å². The molecule has 0 aliphatic carbocycles. The van der Waals surface area contributed by atoms with Crippen molar-refractivity contribution in [1.29, 1.82) is 0 Å². The maximum absolute atomic E-state index is 13.5. The zero-order valence-corrected chi connectivity index (χ0v) is 19.3. The number of carbonyl (C=O) groups is 1. The molecular formula is C23H29N3O4S. The SMILES string of the molecule is CCOC(=O)c1sc2c(c1C)c(=O)n(C(C)(C)CCN)c(=O)n2CCc1ccccc1. The number of ether oxygens (including phenoxy) is 1. The molecule has 2 heterocycles. The molecule has 0 saturated carbocycles. The summed E-state index contributed by atoms with van der Waals surface area (Å²) in [6.45, 7) is 8.12. The van der Waals surface area contributed by atoms with Crippen LogP contribution in [0.25, 0.3) is 10.2 Å². The fraction of sp³-hybridized carbons (Fsp3) is 0.435. The minimum Gasteiger partial charge on any atom is -0.462 e. The van der Waals surface area contributed by atoms with Crippen molar-refractivity contribution in [2.24, 2.45) is 5.73 Å². The Labute approximate surface area is 185 Å². The number of nitrogens with two attached hydrogens (primary N) is 1. The average Bonchev–Trinajstić information content (AvgIpc) is 3.06. The first kappa shape index (κ1) is 23.0. The van der Waals surface area contributed by atoms with Crippen LogP contribution in [0.3, 0.4) is 0 Å². The molecule has 31 heavy (non-hydrogen) atoms. The molecule has 2 N–H and O–H groups in total. The summed E-state index contributed by atoms with van der Waals surface area (Å²) in [4.78, 5) is 40.4. The smallest absolute Gasteiger partial charge is 0.348 e. The minimum atomic E-state index is -0.760. The largest absolute Gasteiger partial charge is 0.462 e. The predicted molar refractivity (Wildman–Crippen MR) is 124 cm³/mol. The standard InChI is InChI=1S/C23H29N3O4S/c1-5-30-21(28)18-15(2)17-19(27)26(23(3,4)12-13-24)22(29)25(20(17)31-18)14-11-16-9-7-6-8-10-16/h6-10H,5,11-14,24H2,1-4H3. The van der Waals surface area contributed by atoms with Gasteiger partial charge in [-0.2, -0.15) is 0 Å². The zero-order valence-electron chi connectivity index (χ0n) is 18.4. The molecule has 2 aromatic heterocycles. The Morgan fingerprint density at radius 2 is 1.87 bits per heavy atom. The summed E-state index contributed by atoms with van der Waals surface area (Å²) < 4.78 is 8.08. The lowest BCUT2D eigenvalue weighted by atomic mass is 10.00. The van der Waals surface area contributed by atoms with Crippen LogP contribution in [0.4, 0.5) is 0 Å². The van der Waals surface area contributed by atoms with E-state index in [1.807, 2.05) is 44.2 Å². The van der Waals surface area contributed by atoms with Crippen molar-refractivity contribution in [3.63, 3.8) is 0 Å². The second kappa shape index (κ2) is 9.20. The lowest BCUT2D eigenvalue weighted by Gasteiger charge is -2.27. The first-order valence-electron chi connectivity index (χ1n) is 10.4. The molecule has 166 valence electrons. The van der Waals surface area contributed by atoms with Gasteiger partial charge >= 0.3 is 11.7 Å². The van der Waals surface area contributed by atoms with Crippen molar-refractivity contribution in [1.82, 2.24) is 9.13 Å². The van der Waals surface area contributed by atoms with Crippen molar-refractivity contribution >= 4 is 27.5 Å². The van der Waals surface area contributed by atoms with Gasteiger partial charge in [-0.15, -0.1) is 11.3 Å². The number of esters is 1. The van der Waals surface area contributed by atoms with E-state index in [-0.39, 0.29) is 12.3 Å². The maximum atomic E-state index is 13.5. The number of thiophene rings is 1. The summed E-state index contributed by atoms with van der Waals surface area (Å²) in [6, 6.07) is 9.85. The van der Waals surface area contributed by atoms with E-state index in [9.17, 15) is 14.4 Å². The molecule has 0 bridgehead atoms. The van der Waals surface area contributed by atoms with Crippen LogP contribution in [-0.4, -0.2) is 28.3 Å². The first-order valence-corrected chi connectivity index (χ1v) is 11.2. The second-order valence-electron chi connectivity index (χ2n) is 8.12. The Morgan fingerprint density at radius 3 is 2.48 bits per heavy atom. The summed E-state index contributed by atoms with van der Waals surface area (Å²) in [6.07, 6.45) is 1.09. The van der Waals surface area contributed by atoms with Gasteiger partial charge in [0, 0.05) is 12.1 Å². The molecule has 3 rings (SSSR count). The summed E-state index contributed by atoms with van der Waals surface area (Å²) >= 11 is 1.15. The molecular weight excluding hydrogens is 414 g/mol. The molecule has 8 heteroatoms. The van der Waals surface area contributed by atoms with Gasteiger partial charge in [0.15, 0.2) is 0 Å². The molecule has 7 nitrogen and oxygen atoms in total. The van der Waals surface area contributed by atoms with E-state index in [4.69, 9.17) is 10.5 Å². The minimum absolute atomic E-state index is 0.237. The van der Waals surface area contributed by atoms with Crippen molar-refractivity contribution in [2.75, 3.05) is 13.2 Å². The monoisotopic (exact) mass is 443 g/mol. The van der Waals surface area contributed by atoms with E-state index >= 15 is 0 Å². The number of fused-ring (bicyclic) bond motifs is 1. The van der Waals surface area contributed by atoms with Crippen LogP contribution >= 0.6 is 11.3 Å². The summed E-state index contributed by atoms with van der Waals surface area (Å²) in [7, 11) is 0. The van der Waals surface area contributed by atoms with E-state index in [0.29, 0.717) is 46.6 Å². The van der Waals surface area contributed by atoms with Crippen molar-refractivity contribution in [2.45, 2.75) is 52.6 Å². The number of aryl methyl sites for hydroxylation is 3. The molecule has 0 amide bonds. The zero-order chi connectivity index (χ0) is 22.8. The predicted octanol–water partition coefficient (Wildman–Crippen LogP) is 3.04. The van der Waals surface area contributed by atoms with Gasteiger partial charge in [0.05, 0.1) is 12.0 Å². The van der Waals surface area contributed by atoms with Crippen LogP contribution in [-0.2, 0) is 23.2 Å². The quantitative estimate of drug-likeness (QED) is 0.540. The normalized spacial score (nSPS) is 11.8.